The molecule has 37 heavy (non-hydrogen) atoms. The third-order valence-electron chi connectivity index (χ3n) is 6.30. The normalized spacial score (nSPS) is 33.7. The predicted molar refractivity (Wildman–Crippen MR) is 127 cm³/mol. The molecule has 3 aliphatic rings. The van der Waals surface area contributed by atoms with Gasteiger partial charge in [-0.05, 0) is 6.42 Å². The van der Waals surface area contributed by atoms with E-state index in [1.54, 1.807) is 0 Å². The van der Waals surface area contributed by atoms with Crippen LogP contribution in [0.15, 0.2) is 30.3 Å². The van der Waals surface area contributed by atoms with Gasteiger partial charge >= 0.3 is 0 Å². The summed E-state index contributed by atoms with van der Waals surface area (Å²) in [6.45, 7) is 4.76. The fourth-order valence-electron chi connectivity index (χ4n) is 4.39. The molecule has 0 amide bonds. The third-order valence-corrected chi connectivity index (χ3v) is 6.30. The van der Waals surface area contributed by atoms with E-state index in [2.05, 4.69) is 4.90 Å². The van der Waals surface area contributed by atoms with E-state index in [9.17, 15) is 0 Å². The van der Waals surface area contributed by atoms with Gasteiger partial charge in [0.05, 0.1) is 33.0 Å². The summed E-state index contributed by atoms with van der Waals surface area (Å²) in [5.41, 5.74) is 0.882. The molecule has 3 saturated heterocycles. The standard InChI is InChI=1S/C25H39NO11/c1-28-25-23-22(21-20(34-25)18-31-24(35-21)19-6-3-2-4-7-19)36-32-16-14-29-12-9-26(8-5-11-27)10-13-30-15-17-33-37-23/h2-4,6-7,20-25,27H,5,8-18H2,1H3/t20-,21-,22+,23+,24-,25+/m1/s1. The molecule has 12 heteroatoms. The van der Waals surface area contributed by atoms with Gasteiger partial charge in [0.25, 0.3) is 0 Å². The van der Waals surface area contributed by atoms with E-state index < -0.39 is 37.0 Å². The molecule has 1 aromatic rings. The van der Waals surface area contributed by atoms with Crippen molar-refractivity contribution in [1.82, 2.24) is 4.90 Å². The van der Waals surface area contributed by atoms with Crippen LogP contribution < -0.4 is 0 Å². The second-order valence-corrected chi connectivity index (χ2v) is 8.86. The second-order valence-electron chi connectivity index (χ2n) is 8.86. The highest BCUT2D eigenvalue weighted by Gasteiger charge is 2.53. The summed E-state index contributed by atoms with van der Waals surface area (Å²) in [7, 11) is 1.52. The van der Waals surface area contributed by atoms with Crippen molar-refractivity contribution < 1.29 is 53.1 Å². The van der Waals surface area contributed by atoms with Gasteiger partial charge in [0.1, 0.15) is 25.4 Å². The third kappa shape index (κ3) is 8.62. The van der Waals surface area contributed by atoms with Crippen LogP contribution in [0.5, 0.6) is 0 Å². The molecule has 0 radical (unpaired) electrons. The fraction of sp³-hybridized carbons (Fsp3) is 0.760. The number of rotatable bonds is 5. The van der Waals surface area contributed by atoms with Gasteiger partial charge in [-0.3, -0.25) is 4.90 Å². The Bertz CT molecular complexity index is 745. The minimum Gasteiger partial charge on any atom is -0.396 e. The van der Waals surface area contributed by atoms with Gasteiger partial charge in [-0.15, -0.1) is 0 Å². The van der Waals surface area contributed by atoms with Gasteiger partial charge in [0.15, 0.2) is 24.8 Å². The molecule has 3 aliphatic heterocycles. The number of hydrogen-bond donors (Lipinski definition) is 1. The van der Waals surface area contributed by atoms with Crippen LogP contribution in [0.3, 0.4) is 0 Å². The van der Waals surface area contributed by atoms with Crippen LogP contribution in [0, 0.1) is 0 Å². The van der Waals surface area contributed by atoms with E-state index in [0.717, 1.165) is 25.2 Å². The topological polar surface area (TPSA) is 116 Å². The van der Waals surface area contributed by atoms with Crippen molar-refractivity contribution in [2.75, 3.05) is 79.6 Å². The Morgan fingerprint density at radius 2 is 1.57 bits per heavy atom. The molecule has 210 valence electrons. The molecule has 6 atom stereocenters. The molecule has 4 rings (SSSR count). The lowest BCUT2D eigenvalue weighted by Crippen LogP contribution is -2.63. The summed E-state index contributed by atoms with van der Waals surface area (Å²) >= 11 is 0. The smallest absolute Gasteiger partial charge is 0.189 e. The number of ether oxygens (including phenoxy) is 6. The van der Waals surface area contributed by atoms with Crippen LogP contribution in [0.2, 0.25) is 0 Å². The highest BCUT2D eigenvalue weighted by atomic mass is 17.2. The first-order chi connectivity index (χ1) is 18.3. The molecule has 0 aliphatic carbocycles. The first kappa shape index (κ1) is 28.7. The quantitative estimate of drug-likeness (QED) is 0.545. The van der Waals surface area contributed by atoms with Crippen LogP contribution in [-0.4, -0.2) is 120 Å². The van der Waals surface area contributed by atoms with Crippen LogP contribution in [0.4, 0.5) is 0 Å². The largest absolute Gasteiger partial charge is 0.396 e. The molecule has 3 heterocycles. The minimum absolute atomic E-state index is 0.146. The Labute approximate surface area is 217 Å². The van der Waals surface area contributed by atoms with Crippen molar-refractivity contribution in [2.45, 2.75) is 43.4 Å². The molecule has 0 bridgehead atoms. The van der Waals surface area contributed by atoms with Crippen molar-refractivity contribution in [3.8, 4) is 0 Å². The van der Waals surface area contributed by atoms with Crippen molar-refractivity contribution in [3.63, 3.8) is 0 Å². The van der Waals surface area contributed by atoms with Crippen molar-refractivity contribution in [1.29, 1.82) is 0 Å². The number of fused-ring (bicyclic) bond motifs is 3. The highest BCUT2D eigenvalue weighted by Crippen LogP contribution is 2.36. The van der Waals surface area contributed by atoms with Gasteiger partial charge in [-0.2, -0.15) is 0 Å². The SMILES string of the molecule is CO[C@H]1O[C@@H]2CO[C@@H](c3ccccc3)O[C@H]2[C@@H]2OOCCOCCN(CCCO)CCOCCOO[C@H]12. The van der Waals surface area contributed by atoms with E-state index in [1.165, 1.54) is 7.11 Å². The van der Waals surface area contributed by atoms with Gasteiger partial charge in [0, 0.05) is 38.9 Å². The Morgan fingerprint density at radius 1 is 0.865 bits per heavy atom. The summed E-state index contributed by atoms with van der Waals surface area (Å²) in [5.74, 6) is 0. The van der Waals surface area contributed by atoms with Gasteiger partial charge in [-0.25, -0.2) is 19.6 Å². The summed E-state index contributed by atoms with van der Waals surface area (Å²) in [6, 6.07) is 9.65. The summed E-state index contributed by atoms with van der Waals surface area (Å²) in [4.78, 5) is 24.7. The van der Waals surface area contributed by atoms with Gasteiger partial charge < -0.3 is 33.5 Å². The van der Waals surface area contributed by atoms with E-state index in [0.29, 0.717) is 32.8 Å². The molecular formula is C25H39NO11. The Hall–Kier alpha value is -1.26. The monoisotopic (exact) mass is 529 g/mol. The number of nitrogens with zero attached hydrogens (tertiary/aromatic N) is 1. The number of aliphatic hydroxyl groups is 1. The van der Waals surface area contributed by atoms with Crippen molar-refractivity contribution >= 4 is 0 Å². The maximum atomic E-state index is 9.14. The van der Waals surface area contributed by atoms with E-state index >= 15 is 0 Å². The number of benzene rings is 1. The van der Waals surface area contributed by atoms with Crippen LogP contribution in [0.25, 0.3) is 0 Å². The zero-order chi connectivity index (χ0) is 25.7. The van der Waals surface area contributed by atoms with Crippen molar-refractivity contribution in [2.24, 2.45) is 0 Å². The number of hydrogen-bond acceptors (Lipinski definition) is 12. The van der Waals surface area contributed by atoms with Crippen LogP contribution in [0.1, 0.15) is 18.3 Å². The molecule has 1 aromatic carbocycles. The minimum atomic E-state index is -0.800. The lowest BCUT2D eigenvalue weighted by molar-refractivity contribution is -0.465. The van der Waals surface area contributed by atoms with Gasteiger partial charge in [-0.1, -0.05) is 30.3 Å². The Kier molecular flexibility index (Phi) is 12.4. The second kappa shape index (κ2) is 16.0. The fourth-order valence-corrected chi connectivity index (χ4v) is 4.39. The summed E-state index contributed by atoms with van der Waals surface area (Å²) in [5, 5.41) is 9.14. The summed E-state index contributed by atoms with van der Waals surface area (Å²) < 4.78 is 35.2. The average Bonchev–Trinajstić information content (AvgIpc) is 2.94. The molecule has 12 nitrogen and oxygen atoms in total. The van der Waals surface area contributed by atoms with Gasteiger partial charge in [0.2, 0.25) is 0 Å². The van der Waals surface area contributed by atoms with E-state index in [-0.39, 0.29) is 26.4 Å². The zero-order valence-electron chi connectivity index (χ0n) is 21.3. The number of aliphatic hydroxyl groups excluding tert-OH is 1. The molecule has 0 unspecified atom stereocenters. The summed E-state index contributed by atoms with van der Waals surface area (Å²) in [6.07, 6.45) is -3.26. The first-order valence-electron chi connectivity index (χ1n) is 12.9. The molecule has 0 spiro atoms. The molecular weight excluding hydrogens is 490 g/mol. The zero-order valence-corrected chi connectivity index (χ0v) is 21.3. The molecule has 0 saturated carbocycles. The maximum absolute atomic E-state index is 9.14. The highest BCUT2D eigenvalue weighted by molar-refractivity contribution is 5.16. The molecule has 0 aromatic heterocycles. The van der Waals surface area contributed by atoms with E-state index in [1.807, 2.05) is 30.3 Å². The molecule has 3 fully saturated rings. The lowest BCUT2D eigenvalue weighted by atomic mass is 9.98. The van der Waals surface area contributed by atoms with Crippen LogP contribution >= 0.6 is 0 Å². The predicted octanol–water partition coefficient (Wildman–Crippen LogP) is 0.837. The average molecular weight is 530 g/mol. The van der Waals surface area contributed by atoms with E-state index in [4.69, 9.17) is 53.1 Å². The first-order valence-corrected chi connectivity index (χ1v) is 12.9. The molecule has 1 N–H and O–H groups in total. The Balaban J connectivity index is 1.40. The van der Waals surface area contributed by atoms with Crippen molar-refractivity contribution in [3.05, 3.63) is 35.9 Å². The maximum Gasteiger partial charge on any atom is 0.189 e. The number of methoxy groups -OCH3 is 1. The lowest BCUT2D eigenvalue weighted by Gasteiger charge is -2.47. The van der Waals surface area contributed by atoms with Crippen LogP contribution in [-0.2, 0) is 48.0 Å². The Morgan fingerprint density at radius 3 is 2.24 bits per heavy atom.